The molecule has 6 radical (unpaired) electrons. The second-order valence-electron chi connectivity index (χ2n) is 10.8. The molecule has 2 aliphatic rings. The molecule has 0 atom stereocenters. The predicted molar refractivity (Wildman–Crippen MR) is 164 cm³/mol. The van der Waals surface area contributed by atoms with Gasteiger partial charge in [0.05, 0.1) is 54.1 Å². The number of carbonyl (C=O) groups excluding carboxylic acids is 3. The molecule has 15 nitrogen and oxygen atoms in total. The number of carbonyl (C=O) groups is 3. The van der Waals surface area contributed by atoms with E-state index in [1.54, 1.807) is 23.1 Å². The molecule has 1 aliphatic carbocycles. The normalized spacial score (nSPS) is 15.4. The Balaban J connectivity index is 1.35. The highest BCUT2D eigenvalue weighted by Gasteiger charge is 2.30. The lowest BCUT2D eigenvalue weighted by molar-refractivity contribution is -0.137. The third-order valence-electron chi connectivity index (χ3n) is 7.08. The lowest BCUT2D eigenvalue weighted by Gasteiger charge is -2.33. The van der Waals surface area contributed by atoms with E-state index in [0.717, 1.165) is 12.8 Å². The first-order valence-corrected chi connectivity index (χ1v) is 14.2. The van der Waals surface area contributed by atoms with Crippen LogP contribution in [-0.2, 0) is 20.9 Å². The summed E-state index contributed by atoms with van der Waals surface area (Å²) in [4.78, 5) is 45.8. The number of aromatic nitrogens is 4. The molecule has 3 heterocycles. The Labute approximate surface area is 263 Å². The van der Waals surface area contributed by atoms with Gasteiger partial charge in [0, 0.05) is 45.3 Å². The summed E-state index contributed by atoms with van der Waals surface area (Å²) in [6, 6.07) is 6.63. The van der Waals surface area contributed by atoms with Crippen LogP contribution in [0.25, 0.3) is 11.5 Å². The van der Waals surface area contributed by atoms with E-state index in [1.165, 1.54) is 20.3 Å². The van der Waals surface area contributed by atoms with Crippen molar-refractivity contribution in [2.75, 3.05) is 57.6 Å². The molecule has 1 aliphatic heterocycles. The van der Waals surface area contributed by atoms with Crippen molar-refractivity contribution in [2.24, 2.45) is 5.92 Å². The largest absolute Gasteiger partial charge is 0.494 e. The van der Waals surface area contributed by atoms with Crippen LogP contribution in [0.5, 0.6) is 5.75 Å². The summed E-state index contributed by atoms with van der Waals surface area (Å²) in [7, 11) is 19.7. The smallest absolute Gasteiger partial charge is 0.272 e. The second-order valence-corrected chi connectivity index (χ2v) is 10.8. The number of amides is 3. The fraction of sp³-hybridized carbons (Fsp3) is 0.444. The van der Waals surface area contributed by atoms with Gasteiger partial charge < -0.3 is 34.8 Å². The molecule has 1 saturated heterocycles. The summed E-state index contributed by atoms with van der Waals surface area (Å²) >= 11 is 0. The standard InChI is InChI=1S/C27H30B3N9O6/c1-43-14-21(40)39-10-8-38(9-11-39)13-20-33-26(45-37-20)16-4-3-5-17(23(16)44-2)31-18-12-19(32-24(41)15-6-7-15)35-36-22(18)25(42)34-27(28,29)30/h3-5,12,15H,6-11,13-14H2,1-2H3,(H,34,42)(H2,31,32,35,41). The zero-order valence-corrected chi connectivity index (χ0v) is 24.9. The van der Waals surface area contributed by atoms with E-state index < -0.39 is 11.1 Å². The SMILES string of the molecule is [B]C([B])([B])NC(=O)c1nnc(NC(=O)C2CC2)cc1Nc1cccc(-c2nc(CN3CCN(C(=O)COC)CC3)no2)c1OC. The molecule has 0 unspecified atom stereocenters. The third-order valence-corrected chi connectivity index (χ3v) is 7.08. The first-order chi connectivity index (χ1) is 21.5. The molecule has 3 N–H and O–H groups in total. The lowest BCUT2D eigenvalue weighted by Crippen LogP contribution is -2.50. The van der Waals surface area contributed by atoms with E-state index in [9.17, 15) is 14.4 Å². The van der Waals surface area contributed by atoms with Crippen molar-refractivity contribution in [2.45, 2.75) is 24.6 Å². The molecule has 3 amide bonds. The molecular formula is C27H30B3N9O6. The van der Waals surface area contributed by atoms with Crippen LogP contribution in [0.15, 0.2) is 28.8 Å². The Morgan fingerprint density at radius 1 is 1.07 bits per heavy atom. The Bertz CT molecular complexity index is 1550. The van der Waals surface area contributed by atoms with Gasteiger partial charge in [-0.25, -0.2) is 0 Å². The van der Waals surface area contributed by atoms with Crippen LogP contribution in [0, 0.1) is 5.92 Å². The molecule has 2 fully saturated rings. The topological polar surface area (TPSA) is 177 Å². The monoisotopic (exact) mass is 609 g/mol. The quantitative estimate of drug-likeness (QED) is 0.230. The summed E-state index contributed by atoms with van der Waals surface area (Å²) in [6.07, 6.45) is 1.59. The van der Waals surface area contributed by atoms with Crippen molar-refractivity contribution in [3.63, 3.8) is 0 Å². The van der Waals surface area contributed by atoms with Crippen LogP contribution in [0.1, 0.15) is 29.2 Å². The van der Waals surface area contributed by atoms with E-state index in [0.29, 0.717) is 55.5 Å². The van der Waals surface area contributed by atoms with Crippen LogP contribution in [0.2, 0.25) is 0 Å². The molecular weight excluding hydrogens is 579 g/mol. The number of benzene rings is 1. The zero-order valence-electron chi connectivity index (χ0n) is 24.9. The zero-order chi connectivity index (χ0) is 32.1. The van der Waals surface area contributed by atoms with Gasteiger partial charge in [0.15, 0.2) is 23.1 Å². The average Bonchev–Trinajstić information content (AvgIpc) is 3.75. The van der Waals surface area contributed by atoms with Crippen LogP contribution >= 0.6 is 0 Å². The highest BCUT2D eigenvalue weighted by Crippen LogP contribution is 2.38. The number of nitrogens with zero attached hydrogens (tertiary/aromatic N) is 6. The predicted octanol–water partition coefficient (Wildman–Crippen LogP) is -0.235. The van der Waals surface area contributed by atoms with Crippen molar-refractivity contribution in [1.82, 2.24) is 35.5 Å². The molecule has 0 spiro atoms. The number of rotatable bonds is 12. The number of anilines is 3. The number of ether oxygens (including phenoxy) is 2. The third kappa shape index (κ3) is 8.19. The summed E-state index contributed by atoms with van der Waals surface area (Å²) in [5.74, 6) is 0.0148. The Morgan fingerprint density at radius 2 is 1.82 bits per heavy atom. The second kappa shape index (κ2) is 13.7. The van der Waals surface area contributed by atoms with Crippen LogP contribution in [0.4, 0.5) is 17.2 Å². The fourth-order valence-corrected chi connectivity index (χ4v) is 4.71. The molecule has 18 heteroatoms. The number of methoxy groups -OCH3 is 2. The Morgan fingerprint density at radius 3 is 2.49 bits per heavy atom. The molecule has 2 aromatic heterocycles. The maximum atomic E-state index is 12.9. The lowest BCUT2D eigenvalue weighted by atomic mass is 9.49. The van der Waals surface area contributed by atoms with Crippen molar-refractivity contribution in [1.29, 1.82) is 0 Å². The first kappa shape index (κ1) is 32.0. The van der Waals surface area contributed by atoms with Gasteiger partial charge in [-0.05, 0) is 25.0 Å². The van der Waals surface area contributed by atoms with E-state index in [4.69, 9.17) is 37.5 Å². The maximum absolute atomic E-state index is 12.9. The van der Waals surface area contributed by atoms with Crippen molar-refractivity contribution in [3.05, 3.63) is 35.8 Å². The summed E-state index contributed by atoms with van der Waals surface area (Å²) in [6.45, 7) is 2.95. The summed E-state index contributed by atoms with van der Waals surface area (Å²) < 4.78 is 16.2. The minimum atomic E-state index is -2.02. The summed E-state index contributed by atoms with van der Waals surface area (Å²) in [5, 5.41) is 18.1. The number of hydrogen-bond acceptors (Lipinski definition) is 12. The minimum absolute atomic E-state index is 0.0413. The Kier molecular flexibility index (Phi) is 9.73. The molecule has 0 bridgehead atoms. The molecule has 3 aromatic rings. The van der Waals surface area contributed by atoms with Crippen LogP contribution < -0.4 is 20.7 Å². The van der Waals surface area contributed by atoms with Crippen molar-refractivity contribution < 1.29 is 28.4 Å². The van der Waals surface area contributed by atoms with Gasteiger partial charge in [-0.3, -0.25) is 19.3 Å². The van der Waals surface area contributed by atoms with E-state index in [1.807, 2.05) is 0 Å². The van der Waals surface area contributed by atoms with Gasteiger partial charge >= 0.3 is 0 Å². The average molecular weight is 609 g/mol. The van der Waals surface area contributed by atoms with Crippen molar-refractivity contribution >= 4 is 58.5 Å². The summed E-state index contributed by atoms with van der Waals surface area (Å²) in [5.41, 5.74) is 0.855. The number of para-hydroxylation sites is 1. The molecule has 228 valence electrons. The van der Waals surface area contributed by atoms with Gasteiger partial charge in [-0.2, -0.15) is 4.98 Å². The molecule has 1 aromatic carbocycles. The van der Waals surface area contributed by atoms with Crippen molar-refractivity contribution in [3.8, 4) is 17.2 Å². The Hall–Kier alpha value is -4.44. The van der Waals surface area contributed by atoms with Gasteiger partial charge in [0.25, 0.3) is 11.8 Å². The molecule has 5 rings (SSSR count). The van der Waals surface area contributed by atoms with Gasteiger partial charge in [0.2, 0.25) is 11.8 Å². The van der Waals surface area contributed by atoms with Crippen LogP contribution in [0.3, 0.4) is 0 Å². The van der Waals surface area contributed by atoms with Crippen LogP contribution in [-0.4, -0.2) is 124 Å². The fourth-order valence-electron chi connectivity index (χ4n) is 4.71. The number of nitrogens with one attached hydrogen (secondary N) is 3. The van der Waals surface area contributed by atoms with E-state index in [-0.39, 0.29) is 47.4 Å². The minimum Gasteiger partial charge on any atom is -0.494 e. The number of hydrogen-bond donors (Lipinski definition) is 3. The first-order valence-electron chi connectivity index (χ1n) is 14.2. The molecule has 1 saturated carbocycles. The van der Waals surface area contributed by atoms with Gasteiger partial charge in [-0.1, -0.05) is 16.5 Å². The molecule has 45 heavy (non-hydrogen) atoms. The van der Waals surface area contributed by atoms with Gasteiger partial charge in [0.1, 0.15) is 6.61 Å². The van der Waals surface area contributed by atoms with E-state index >= 15 is 0 Å². The highest BCUT2D eigenvalue weighted by atomic mass is 16.5. The maximum Gasteiger partial charge on any atom is 0.272 e. The van der Waals surface area contributed by atoms with E-state index in [2.05, 4.69) is 41.2 Å². The highest BCUT2D eigenvalue weighted by molar-refractivity contribution is 6.60. The number of piperazine rings is 1. The van der Waals surface area contributed by atoms with Gasteiger partial charge in [-0.15, -0.1) is 10.2 Å².